The normalized spacial score (nSPS) is 24.8. The molecule has 0 amide bonds. The van der Waals surface area contributed by atoms with Gasteiger partial charge in [0.25, 0.3) is 0 Å². The van der Waals surface area contributed by atoms with Crippen LogP contribution in [0.4, 0.5) is 0 Å². The first-order chi connectivity index (χ1) is 7.46. The van der Waals surface area contributed by atoms with Crippen LogP contribution in [0.1, 0.15) is 78.1 Å². The van der Waals surface area contributed by atoms with Gasteiger partial charge in [-0.15, -0.1) is 23.2 Å². The molecule has 0 heterocycles. The van der Waals surface area contributed by atoms with E-state index in [0.717, 1.165) is 0 Å². The van der Waals surface area contributed by atoms with Crippen LogP contribution in [0.3, 0.4) is 0 Å². The SMILES string of the molecule is CC(Cl)(Cl)C1(C)CCCCCCCCCC1. The molecule has 0 nitrogen and oxygen atoms in total. The molecule has 0 unspecified atom stereocenters. The standard InChI is InChI=1S/C14H26Cl2/c1-13(14(2,15)16)11-9-7-5-3-4-6-8-10-12-13/h3-12H2,1-2H3. The molecule has 1 aliphatic rings. The van der Waals surface area contributed by atoms with Crippen LogP contribution in [-0.4, -0.2) is 4.33 Å². The van der Waals surface area contributed by atoms with Gasteiger partial charge in [0.15, 0.2) is 0 Å². The third kappa shape index (κ3) is 4.45. The fourth-order valence-electron chi connectivity index (χ4n) is 2.65. The molecule has 0 spiro atoms. The average molecular weight is 265 g/mol. The van der Waals surface area contributed by atoms with E-state index >= 15 is 0 Å². The summed E-state index contributed by atoms with van der Waals surface area (Å²) < 4.78 is -0.582. The minimum Gasteiger partial charge on any atom is -0.101 e. The summed E-state index contributed by atoms with van der Waals surface area (Å²) in [7, 11) is 0. The van der Waals surface area contributed by atoms with Crippen molar-refractivity contribution in [3.05, 3.63) is 0 Å². The number of halogens is 2. The largest absolute Gasteiger partial charge is 0.120 e. The number of hydrogen-bond donors (Lipinski definition) is 0. The molecule has 96 valence electrons. The molecule has 0 aliphatic heterocycles. The zero-order valence-electron chi connectivity index (χ0n) is 10.8. The number of hydrogen-bond acceptors (Lipinski definition) is 0. The Morgan fingerprint density at radius 1 is 0.750 bits per heavy atom. The smallest absolute Gasteiger partial charge is 0.101 e. The molecule has 16 heavy (non-hydrogen) atoms. The van der Waals surface area contributed by atoms with Gasteiger partial charge in [-0.25, -0.2) is 0 Å². The molecule has 0 atom stereocenters. The number of rotatable bonds is 1. The molecule has 0 aromatic heterocycles. The highest BCUT2D eigenvalue weighted by molar-refractivity contribution is 6.48. The van der Waals surface area contributed by atoms with E-state index < -0.39 is 4.33 Å². The predicted molar refractivity (Wildman–Crippen MR) is 74.4 cm³/mol. The first kappa shape index (κ1) is 14.6. The van der Waals surface area contributed by atoms with Crippen LogP contribution in [0.15, 0.2) is 0 Å². The summed E-state index contributed by atoms with van der Waals surface area (Å²) in [5.41, 5.74) is 0.0977. The molecule has 0 radical (unpaired) electrons. The Hall–Kier alpha value is 0.580. The van der Waals surface area contributed by atoms with Crippen molar-refractivity contribution in [1.29, 1.82) is 0 Å². The third-order valence-corrected chi connectivity index (χ3v) is 5.18. The van der Waals surface area contributed by atoms with Crippen molar-refractivity contribution in [2.24, 2.45) is 5.41 Å². The van der Waals surface area contributed by atoms with Crippen molar-refractivity contribution < 1.29 is 0 Å². The third-order valence-electron chi connectivity index (χ3n) is 4.27. The molecular formula is C14H26Cl2. The highest BCUT2D eigenvalue weighted by atomic mass is 35.5. The average Bonchev–Trinajstić information content (AvgIpc) is 2.22. The molecule has 0 aromatic carbocycles. The highest BCUT2D eigenvalue weighted by Crippen LogP contribution is 2.48. The second-order valence-electron chi connectivity index (χ2n) is 5.78. The first-order valence-electron chi connectivity index (χ1n) is 6.84. The zero-order valence-corrected chi connectivity index (χ0v) is 12.3. The summed E-state index contributed by atoms with van der Waals surface area (Å²) in [4.78, 5) is 0. The molecule has 0 aromatic rings. The minimum absolute atomic E-state index is 0.0977. The van der Waals surface area contributed by atoms with Crippen LogP contribution in [0, 0.1) is 5.41 Å². The first-order valence-corrected chi connectivity index (χ1v) is 7.59. The molecule has 0 bridgehead atoms. The van der Waals surface area contributed by atoms with E-state index in [2.05, 4.69) is 6.92 Å². The maximum Gasteiger partial charge on any atom is 0.120 e. The van der Waals surface area contributed by atoms with Gasteiger partial charge >= 0.3 is 0 Å². The fourth-order valence-corrected chi connectivity index (χ4v) is 3.03. The van der Waals surface area contributed by atoms with Gasteiger partial charge in [0.2, 0.25) is 0 Å². The van der Waals surface area contributed by atoms with Crippen LogP contribution in [0.5, 0.6) is 0 Å². The minimum atomic E-state index is -0.582. The van der Waals surface area contributed by atoms with Crippen LogP contribution < -0.4 is 0 Å². The molecular weight excluding hydrogens is 239 g/mol. The molecule has 0 saturated heterocycles. The summed E-state index contributed by atoms with van der Waals surface area (Å²) in [5.74, 6) is 0. The molecule has 1 aliphatic carbocycles. The van der Waals surface area contributed by atoms with Gasteiger partial charge in [0, 0.05) is 5.41 Å². The Morgan fingerprint density at radius 2 is 1.06 bits per heavy atom. The lowest BCUT2D eigenvalue weighted by atomic mass is 9.77. The lowest BCUT2D eigenvalue weighted by molar-refractivity contribution is 0.228. The van der Waals surface area contributed by atoms with Crippen molar-refractivity contribution in [3.8, 4) is 0 Å². The van der Waals surface area contributed by atoms with Crippen LogP contribution in [0.2, 0.25) is 0 Å². The van der Waals surface area contributed by atoms with Crippen molar-refractivity contribution >= 4 is 23.2 Å². The van der Waals surface area contributed by atoms with Crippen molar-refractivity contribution in [1.82, 2.24) is 0 Å². The van der Waals surface area contributed by atoms with E-state index in [-0.39, 0.29) is 5.41 Å². The maximum atomic E-state index is 6.38. The van der Waals surface area contributed by atoms with Crippen molar-refractivity contribution in [2.45, 2.75) is 82.4 Å². The Morgan fingerprint density at radius 3 is 1.38 bits per heavy atom. The topological polar surface area (TPSA) is 0 Å². The van der Waals surface area contributed by atoms with Crippen molar-refractivity contribution in [2.75, 3.05) is 0 Å². The second kappa shape index (κ2) is 6.50. The van der Waals surface area contributed by atoms with Crippen LogP contribution in [-0.2, 0) is 0 Å². The van der Waals surface area contributed by atoms with Crippen LogP contribution in [0.25, 0.3) is 0 Å². The predicted octanol–water partition coefficient (Wildman–Crippen LogP) is 6.10. The Kier molecular flexibility index (Phi) is 5.94. The van der Waals surface area contributed by atoms with Gasteiger partial charge in [0.1, 0.15) is 4.33 Å². The van der Waals surface area contributed by atoms with Gasteiger partial charge in [0.05, 0.1) is 0 Å². The van der Waals surface area contributed by atoms with E-state index in [1.54, 1.807) is 0 Å². The lowest BCUT2D eigenvalue weighted by Crippen LogP contribution is -2.34. The van der Waals surface area contributed by atoms with E-state index in [0.29, 0.717) is 0 Å². The summed E-state index contributed by atoms with van der Waals surface area (Å²) in [5, 5.41) is 0. The number of alkyl halides is 2. The molecule has 1 saturated carbocycles. The Labute approximate surface area is 111 Å². The summed E-state index contributed by atoms with van der Waals surface area (Å²) in [6.45, 7) is 4.24. The van der Waals surface area contributed by atoms with E-state index in [1.165, 1.54) is 64.2 Å². The quantitative estimate of drug-likeness (QED) is 0.502. The van der Waals surface area contributed by atoms with Crippen LogP contribution >= 0.6 is 23.2 Å². The zero-order chi connectivity index (χ0) is 12.1. The van der Waals surface area contributed by atoms with Crippen molar-refractivity contribution in [3.63, 3.8) is 0 Å². The summed E-state index contributed by atoms with van der Waals surface area (Å²) >= 11 is 12.8. The summed E-state index contributed by atoms with van der Waals surface area (Å²) in [6, 6.07) is 0. The van der Waals surface area contributed by atoms with E-state index in [1.807, 2.05) is 6.92 Å². The van der Waals surface area contributed by atoms with Gasteiger partial charge in [-0.1, -0.05) is 58.3 Å². The Balaban J connectivity index is 2.57. The molecule has 2 heteroatoms. The van der Waals surface area contributed by atoms with Gasteiger partial charge < -0.3 is 0 Å². The Bertz CT molecular complexity index is 181. The summed E-state index contributed by atoms with van der Waals surface area (Å²) in [6.07, 6.45) is 13.2. The van der Waals surface area contributed by atoms with Gasteiger partial charge in [-0.3, -0.25) is 0 Å². The monoisotopic (exact) mass is 264 g/mol. The van der Waals surface area contributed by atoms with E-state index in [9.17, 15) is 0 Å². The molecule has 0 N–H and O–H groups in total. The van der Waals surface area contributed by atoms with E-state index in [4.69, 9.17) is 23.2 Å². The second-order valence-corrected chi connectivity index (χ2v) is 7.48. The van der Waals surface area contributed by atoms with Gasteiger partial charge in [-0.05, 0) is 19.8 Å². The fraction of sp³-hybridized carbons (Fsp3) is 1.00. The van der Waals surface area contributed by atoms with Gasteiger partial charge in [-0.2, -0.15) is 0 Å². The maximum absolute atomic E-state index is 6.38. The molecule has 1 rings (SSSR count). The highest BCUT2D eigenvalue weighted by Gasteiger charge is 2.40. The molecule has 1 fully saturated rings. The lowest BCUT2D eigenvalue weighted by Gasteiger charge is -2.38.